The highest BCUT2D eigenvalue weighted by atomic mass is 28.3. The smallest absolute Gasteiger partial charge is 0.238 e. The van der Waals surface area contributed by atoms with Crippen molar-refractivity contribution < 1.29 is 9.90 Å². The molecule has 3 aromatic heterocycles. The minimum Gasteiger partial charge on any atom is -0.456 e. The Bertz CT molecular complexity index is 3330. The van der Waals surface area contributed by atoms with E-state index in [-0.39, 0.29) is 35.6 Å². The van der Waals surface area contributed by atoms with E-state index in [0.717, 1.165) is 53.7 Å². The number of fused-ring (bicyclic) bond motifs is 6. The molecule has 268 valence electrons. The van der Waals surface area contributed by atoms with Gasteiger partial charge in [0, 0.05) is 32.7 Å². The SMILES string of the molecule is [2H]c1c([2H])c(-c2nc(-c3cccc4oc5ccccc5c34)nc(-n3c4ccccc4c4ccccc43)n2)c([2H])c([Si](c2ccccc2)(c2ccccc2)c2ccccc2)c1[2H]. The Morgan fingerprint density at radius 3 is 1.61 bits per heavy atom. The van der Waals surface area contributed by atoms with Crippen LogP contribution in [0.4, 0.5) is 0 Å². The van der Waals surface area contributed by atoms with E-state index in [4.69, 9.17) is 19.4 Å². The summed E-state index contributed by atoms with van der Waals surface area (Å²) < 4.78 is 47.5. The van der Waals surface area contributed by atoms with E-state index >= 15 is 0 Å². The zero-order chi connectivity index (χ0) is 41.2. The Balaban J connectivity index is 1.28. The van der Waals surface area contributed by atoms with Crippen LogP contribution in [0.25, 0.3) is 72.5 Å². The predicted octanol–water partition coefficient (Wildman–Crippen LogP) is 9.58. The highest BCUT2D eigenvalue weighted by Crippen LogP contribution is 2.37. The van der Waals surface area contributed by atoms with Crippen LogP contribution in [0.15, 0.2) is 211 Å². The van der Waals surface area contributed by atoms with Crippen molar-refractivity contribution in [3.8, 4) is 28.7 Å². The Morgan fingerprint density at radius 2 is 0.982 bits per heavy atom. The van der Waals surface area contributed by atoms with Gasteiger partial charge in [0.25, 0.3) is 0 Å². The first-order valence-corrected chi connectivity index (χ1v) is 20.9. The lowest BCUT2D eigenvalue weighted by atomic mass is 10.1. The van der Waals surface area contributed by atoms with E-state index in [1.807, 2.05) is 138 Å². The van der Waals surface area contributed by atoms with Gasteiger partial charge < -0.3 is 4.42 Å². The summed E-state index contributed by atoms with van der Waals surface area (Å²) in [7, 11) is -3.55. The molecule has 0 aliphatic rings. The molecular weight excluding hydrogens is 713 g/mol. The minimum absolute atomic E-state index is 0.0607. The quantitative estimate of drug-likeness (QED) is 0.120. The Hall–Kier alpha value is -7.41. The molecule has 0 saturated heterocycles. The lowest BCUT2D eigenvalue weighted by molar-refractivity contribution is 0.669. The summed E-state index contributed by atoms with van der Waals surface area (Å²) in [5, 5.41) is 6.98. The van der Waals surface area contributed by atoms with Crippen LogP contribution in [0.2, 0.25) is 0 Å². The number of furan rings is 1. The van der Waals surface area contributed by atoms with Crippen molar-refractivity contribution in [2.75, 3.05) is 0 Å². The van der Waals surface area contributed by atoms with E-state index in [9.17, 15) is 5.48 Å². The lowest BCUT2D eigenvalue weighted by Crippen LogP contribution is -2.74. The van der Waals surface area contributed by atoms with E-state index in [2.05, 4.69) is 48.5 Å². The molecule has 8 aromatic carbocycles. The number of para-hydroxylation sites is 3. The summed E-state index contributed by atoms with van der Waals surface area (Å²) in [5.41, 5.74) is 3.90. The molecule has 6 heteroatoms. The average molecular weight is 751 g/mol. The average Bonchev–Trinajstić information content (AvgIpc) is 3.87. The lowest BCUT2D eigenvalue weighted by Gasteiger charge is -2.34. The number of benzene rings is 8. The zero-order valence-electron chi connectivity index (χ0n) is 34.5. The maximum absolute atomic E-state index is 10.4. The highest BCUT2D eigenvalue weighted by molar-refractivity contribution is 7.19. The molecule has 5 nitrogen and oxygen atoms in total. The maximum atomic E-state index is 10.4. The van der Waals surface area contributed by atoms with Crippen LogP contribution in [0.1, 0.15) is 5.48 Å². The van der Waals surface area contributed by atoms with Crippen LogP contribution in [0.5, 0.6) is 0 Å². The number of nitrogens with zero attached hydrogens (tertiary/aromatic N) is 4. The highest BCUT2D eigenvalue weighted by Gasteiger charge is 2.41. The van der Waals surface area contributed by atoms with Gasteiger partial charge in [0.2, 0.25) is 5.95 Å². The van der Waals surface area contributed by atoms with E-state index in [1.54, 1.807) is 0 Å². The van der Waals surface area contributed by atoms with Gasteiger partial charge >= 0.3 is 0 Å². The monoisotopic (exact) mass is 750 g/mol. The first-order valence-electron chi connectivity index (χ1n) is 20.9. The molecule has 0 saturated carbocycles. The maximum Gasteiger partial charge on any atom is 0.238 e. The second-order valence-electron chi connectivity index (χ2n) is 14.0. The third-order valence-electron chi connectivity index (χ3n) is 10.9. The third kappa shape index (κ3) is 5.26. The van der Waals surface area contributed by atoms with Gasteiger partial charge in [0.1, 0.15) is 11.2 Å². The molecule has 0 fully saturated rings. The van der Waals surface area contributed by atoms with Crippen molar-refractivity contribution in [3.05, 3.63) is 206 Å². The number of aromatic nitrogens is 4. The number of hydrogen-bond donors (Lipinski definition) is 0. The van der Waals surface area contributed by atoms with Crippen LogP contribution < -0.4 is 20.7 Å². The van der Waals surface area contributed by atoms with Crippen molar-refractivity contribution >= 4 is 72.6 Å². The molecule has 11 rings (SSSR count). The standard InChI is InChI=1S/C51H34N4OSi/c1-4-19-36(20-5-1)57(37-21-6-2-7-22-37,38-23-8-3-9-24-38)39-25-16-18-35(34-39)49-52-50(43-29-17-33-47-48(43)42-28-12-15-32-46(42)56-47)54-51(53-49)55-44-30-13-10-26-40(44)41-27-11-14-31-45(41)55/h1-34H/i16D,18D,25D,34D. The minimum atomic E-state index is -3.55. The van der Waals surface area contributed by atoms with E-state index in [1.165, 1.54) is 0 Å². The molecule has 0 aliphatic heterocycles. The number of hydrogen-bond acceptors (Lipinski definition) is 4. The molecule has 0 spiro atoms. The number of rotatable bonds is 7. The molecule has 0 unspecified atom stereocenters. The van der Waals surface area contributed by atoms with Crippen LogP contribution in [0, 0.1) is 0 Å². The first-order chi connectivity index (χ1) is 29.9. The van der Waals surface area contributed by atoms with Gasteiger partial charge in [-0.05, 0) is 45.0 Å². The van der Waals surface area contributed by atoms with Crippen molar-refractivity contribution in [1.29, 1.82) is 0 Å². The zero-order valence-corrected chi connectivity index (χ0v) is 31.5. The van der Waals surface area contributed by atoms with E-state index in [0.29, 0.717) is 28.1 Å². The summed E-state index contributed by atoms with van der Waals surface area (Å²) in [5.74, 6) is 0.675. The van der Waals surface area contributed by atoms with Crippen molar-refractivity contribution in [1.82, 2.24) is 19.5 Å². The molecular formula is C51H34N4OSi. The fraction of sp³-hybridized carbons (Fsp3) is 0. The molecule has 0 amide bonds. The van der Waals surface area contributed by atoms with Gasteiger partial charge in [-0.2, -0.15) is 9.97 Å². The summed E-state index contributed by atoms with van der Waals surface area (Å²) in [6.07, 6.45) is 0. The predicted molar refractivity (Wildman–Crippen MR) is 236 cm³/mol. The molecule has 57 heavy (non-hydrogen) atoms. The molecule has 3 heterocycles. The molecule has 11 aromatic rings. The van der Waals surface area contributed by atoms with Crippen molar-refractivity contribution in [2.24, 2.45) is 0 Å². The fourth-order valence-electron chi connectivity index (χ4n) is 8.44. The van der Waals surface area contributed by atoms with Gasteiger partial charge in [0.05, 0.1) is 16.5 Å². The Labute approximate surface area is 335 Å². The molecule has 0 radical (unpaired) electrons. The largest absolute Gasteiger partial charge is 0.456 e. The topological polar surface area (TPSA) is 56.7 Å². The summed E-state index contributed by atoms with van der Waals surface area (Å²) in [6.45, 7) is 0. The van der Waals surface area contributed by atoms with Crippen molar-refractivity contribution in [3.63, 3.8) is 0 Å². The second-order valence-corrected chi connectivity index (χ2v) is 17.8. The van der Waals surface area contributed by atoms with Gasteiger partial charge in [0.15, 0.2) is 19.7 Å². The van der Waals surface area contributed by atoms with Crippen molar-refractivity contribution in [2.45, 2.75) is 0 Å². The Morgan fingerprint density at radius 1 is 0.456 bits per heavy atom. The Kier molecular flexibility index (Phi) is 6.81. The normalized spacial score (nSPS) is 12.8. The summed E-state index contributed by atoms with van der Waals surface area (Å²) in [4.78, 5) is 15.6. The van der Waals surface area contributed by atoms with Crippen LogP contribution >= 0.6 is 0 Å². The van der Waals surface area contributed by atoms with Crippen LogP contribution in [0.3, 0.4) is 0 Å². The molecule has 0 N–H and O–H groups in total. The van der Waals surface area contributed by atoms with Crippen LogP contribution in [-0.4, -0.2) is 27.6 Å². The van der Waals surface area contributed by atoms with Gasteiger partial charge in [-0.15, -0.1) is 0 Å². The summed E-state index contributed by atoms with van der Waals surface area (Å²) in [6, 6.07) is 59.1. The van der Waals surface area contributed by atoms with Gasteiger partial charge in [-0.3, -0.25) is 4.57 Å². The van der Waals surface area contributed by atoms with Gasteiger partial charge in [-0.1, -0.05) is 182 Å². The van der Waals surface area contributed by atoms with Crippen LogP contribution in [-0.2, 0) is 0 Å². The molecule has 0 atom stereocenters. The third-order valence-corrected chi connectivity index (χ3v) is 15.5. The second kappa shape index (κ2) is 13.4. The van der Waals surface area contributed by atoms with E-state index < -0.39 is 8.07 Å². The summed E-state index contributed by atoms with van der Waals surface area (Å²) >= 11 is 0. The fourth-order valence-corrected chi connectivity index (χ4v) is 12.9. The first kappa shape index (κ1) is 29.0. The van der Waals surface area contributed by atoms with Gasteiger partial charge in [-0.25, -0.2) is 4.98 Å². The molecule has 0 aliphatic carbocycles. The molecule has 0 bridgehead atoms.